The van der Waals surface area contributed by atoms with E-state index in [1.54, 1.807) is 0 Å². The van der Waals surface area contributed by atoms with E-state index in [4.69, 9.17) is 0 Å². The van der Waals surface area contributed by atoms with Crippen LogP contribution in [0, 0.1) is 0 Å². The lowest BCUT2D eigenvalue weighted by Crippen LogP contribution is -2.31. The van der Waals surface area contributed by atoms with Gasteiger partial charge in [-0.15, -0.1) is 0 Å². The number of halogens is 1. The molecule has 2 N–H and O–H groups in total. The number of aryl methyl sites for hydroxylation is 1. The van der Waals surface area contributed by atoms with Gasteiger partial charge in [0.25, 0.3) is 0 Å². The summed E-state index contributed by atoms with van der Waals surface area (Å²) in [6, 6.07) is 8.39. The largest absolute Gasteiger partial charge is 0.389 e. The van der Waals surface area contributed by atoms with Crippen LogP contribution in [0.2, 0.25) is 0 Å². The first-order valence-corrected chi connectivity index (χ1v) is 6.65. The Balaban J connectivity index is 1.79. The van der Waals surface area contributed by atoms with Crippen molar-refractivity contribution in [3.05, 3.63) is 34.3 Å². The van der Waals surface area contributed by atoms with E-state index >= 15 is 0 Å². The second-order valence-electron chi connectivity index (χ2n) is 4.63. The number of rotatable bonds is 4. The van der Waals surface area contributed by atoms with Gasteiger partial charge in [0.15, 0.2) is 0 Å². The molecule has 0 radical (unpaired) electrons. The highest BCUT2D eigenvalue weighted by molar-refractivity contribution is 9.10. The Kier molecular flexibility index (Phi) is 4.00. The Morgan fingerprint density at radius 2 is 2.31 bits per heavy atom. The van der Waals surface area contributed by atoms with Crippen LogP contribution in [0.4, 0.5) is 0 Å². The fourth-order valence-corrected chi connectivity index (χ4v) is 2.70. The molecule has 0 bridgehead atoms. The van der Waals surface area contributed by atoms with Crippen LogP contribution in [-0.4, -0.2) is 23.8 Å². The van der Waals surface area contributed by atoms with Crippen LogP contribution in [0.1, 0.15) is 24.8 Å². The van der Waals surface area contributed by atoms with Crippen LogP contribution in [0.25, 0.3) is 0 Å². The Hall–Kier alpha value is -0.380. The van der Waals surface area contributed by atoms with Crippen molar-refractivity contribution in [1.82, 2.24) is 5.32 Å². The molecular formula is C13H18BrNO. The van der Waals surface area contributed by atoms with Crippen molar-refractivity contribution >= 4 is 15.9 Å². The molecule has 0 aromatic heterocycles. The fraction of sp³-hybridized carbons (Fsp3) is 0.538. The van der Waals surface area contributed by atoms with Crippen LogP contribution in [-0.2, 0) is 6.42 Å². The van der Waals surface area contributed by atoms with Crippen molar-refractivity contribution in [2.75, 3.05) is 13.1 Å². The highest BCUT2D eigenvalue weighted by atomic mass is 79.9. The first-order valence-electron chi connectivity index (χ1n) is 5.86. The number of nitrogens with one attached hydrogen (secondary N) is 1. The van der Waals surface area contributed by atoms with Gasteiger partial charge in [0.2, 0.25) is 0 Å². The zero-order chi connectivity index (χ0) is 11.4. The second-order valence-corrected chi connectivity index (χ2v) is 5.55. The van der Waals surface area contributed by atoms with E-state index < -0.39 is 5.60 Å². The van der Waals surface area contributed by atoms with Gasteiger partial charge in [-0.25, -0.2) is 0 Å². The van der Waals surface area contributed by atoms with Gasteiger partial charge in [-0.1, -0.05) is 28.1 Å². The smallest absolute Gasteiger partial charge is 0.0783 e. The Bertz CT molecular complexity index is 348. The molecule has 1 atom stereocenters. The third kappa shape index (κ3) is 3.30. The summed E-state index contributed by atoms with van der Waals surface area (Å²) in [5.74, 6) is 0. The maximum atomic E-state index is 10.2. The molecule has 16 heavy (non-hydrogen) atoms. The van der Waals surface area contributed by atoms with Gasteiger partial charge >= 0.3 is 0 Å². The molecule has 3 heteroatoms. The number of hydrogen-bond acceptors (Lipinski definition) is 2. The Morgan fingerprint density at radius 1 is 1.44 bits per heavy atom. The van der Waals surface area contributed by atoms with Gasteiger partial charge in [0.05, 0.1) is 5.60 Å². The standard InChI is InChI=1S/C13H18BrNO/c14-12-5-1-3-11(9-12)4-2-6-13(16)7-8-15-10-13/h1,3,5,9,15-16H,2,4,6-8,10H2. The van der Waals surface area contributed by atoms with Crippen molar-refractivity contribution in [3.63, 3.8) is 0 Å². The monoisotopic (exact) mass is 283 g/mol. The fourth-order valence-electron chi connectivity index (χ4n) is 2.26. The lowest BCUT2D eigenvalue weighted by molar-refractivity contribution is 0.0503. The van der Waals surface area contributed by atoms with E-state index in [1.165, 1.54) is 5.56 Å². The first-order chi connectivity index (χ1) is 7.68. The van der Waals surface area contributed by atoms with Gasteiger partial charge in [-0.05, 0) is 49.9 Å². The number of β-amino-alcohol motifs (C(OH)–C–C–N with tert-alkyl or cyclic N) is 1. The van der Waals surface area contributed by atoms with Gasteiger partial charge in [-0.3, -0.25) is 0 Å². The average molecular weight is 284 g/mol. The topological polar surface area (TPSA) is 32.3 Å². The van der Waals surface area contributed by atoms with Crippen LogP contribution in [0.15, 0.2) is 28.7 Å². The van der Waals surface area contributed by atoms with Crippen molar-refractivity contribution in [1.29, 1.82) is 0 Å². The molecule has 88 valence electrons. The average Bonchev–Trinajstić information content (AvgIpc) is 2.65. The molecule has 1 fully saturated rings. The van der Waals surface area contributed by atoms with Crippen molar-refractivity contribution in [3.8, 4) is 0 Å². The van der Waals surface area contributed by atoms with E-state index in [2.05, 4.69) is 39.4 Å². The zero-order valence-electron chi connectivity index (χ0n) is 9.38. The molecule has 1 heterocycles. The molecule has 1 aromatic carbocycles. The second kappa shape index (κ2) is 5.30. The maximum Gasteiger partial charge on any atom is 0.0783 e. The lowest BCUT2D eigenvalue weighted by atomic mass is 9.94. The lowest BCUT2D eigenvalue weighted by Gasteiger charge is -2.20. The van der Waals surface area contributed by atoms with Crippen LogP contribution in [0.3, 0.4) is 0 Å². The summed E-state index contributed by atoms with van der Waals surface area (Å²) in [4.78, 5) is 0. The minimum absolute atomic E-state index is 0.452. The summed E-state index contributed by atoms with van der Waals surface area (Å²) in [7, 11) is 0. The molecule has 2 nitrogen and oxygen atoms in total. The molecule has 1 aromatic rings. The molecular weight excluding hydrogens is 266 g/mol. The maximum absolute atomic E-state index is 10.2. The van der Waals surface area contributed by atoms with Gasteiger partial charge in [0.1, 0.15) is 0 Å². The highest BCUT2D eigenvalue weighted by Gasteiger charge is 2.29. The van der Waals surface area contributed by atoms with E-state index in [9.17, 15) is 5.11 Å². The van der Waals surface area contributed by atoms with Crippen molar-refractivity contribution in [2.24, 2.45) is 0 Å². The number of aliphatic hydroxyl groups is 1. The van der Waals surface area contributed by atoms with E-state index in [0.717, 1.165) is 43.2 Å². The summed E-state index contributed by atoms with van der Waals surface area (Å²) in [6.45, 7) is 1.71. The molecule has 2 rings (SSSR count). The van der Waals surface area contributed by atoms with Crippen molar-refractivity contribution < 1.29 is 5.11 Å². The molecule has 0 aliphatic carbocycles. The van der Waals surface area contributed by atoms with Gasteiger partial charge < -0.3 is 10.4 Å². The first kappa shape index (κ1) is 12.1. The van der Waals surface area contributed by atoms with E-state index in [-0.39, 0.29) is 0 Å². The predicted molar refractivity (Wildman–Crippen MR) is 69.5 cm³/mol. The summed E-state index contributed by atoms with van der Waals surface area (Å²) >= 11 is 3.47. The highest BCUT2D eigenvalue weighted by Crippen LogP contribution is 2.22. The molecule has 0 spiro atoms. The summed E-state index contributed by atoms with van der Waals surface area (Å²) in [5.41, 5.74) is 0.885. The molecule has 0 saturated carbocycles. The van der Waals surface area contributed by atoms with Gasteiger partial charge in [0, 0.05) is 11.0 Å². The number of hydrogen-bond donors (Lipinski definition) is 2. The SMILES string of the molecule is OC1(CCCc2cccc(Br)c2)CCNC1. The van der Waals surface area contributed by atoms with E-state index in [1.807, 2.05) is 6.07 Å². The Morgan fingerprint density at radius 3 is 3.00 bits per heavy atom. The van der Waals surface area contributed by atoms with E-state index in [0.29, 0.717) is 0 Å². The molecule has 1 unspecified atom stereocenters. The van der Waals surface area contributed by atoms with Crippen LogP contribution < -0.4 is 5.32 Å². The molecule has 1 aliphatic rings. The molecule has 1 saturated heterocycles. The normalized spacial score (nSPS) is 24.9. The number of benzene rings is 1. The predicted octanol–water partition coefficient (Wildman–Crippen LogP) is 2.50. The van der Waals surface area contributed by atoms with Gasteiger partial charge in [-0.2, -0.15) is 0 Å². The summed E-state index contributed by atoms with van der Waals surface area (Å²) in [5, 5.41) is 13.4. The molecule has 0 amide bonds. The summed E-state index contributed by atoms with van der Waals surface area (Å²) < 4.78 is 1.13. The zero-order valence-corrected chi connectivity index (χ0v) is 11.0. The third-order valence-electron chi connectivity index (χ3n) is 3.22. The minimum atomic E-state index is -0.452. The minimum Gasteiger partial charge on any atom is -0.389 e. The van der Waals surface area contributed by atoms with Crippen LogP contribution in [0.5, 0.6) is 0 Å². The third-order valence-corrected chi connectivity index (χ3v) is 3.71. The quantitative estimate of drug-likeness (QED) is 0.890. The molecule has 1 aliphatic heterocycles. The van der Waals surface area contributed by atoms with Crippen LogP contribution >= 0.6 is 15.9 Å². The summed E-state index contributed by atoms with van der Waals surface area (Å²) in [6.07, 6.45) is 3.88. The Labute approximate surface area is 105 Å². The van der Waals surface area contributed by atoms with Crippen molar-refractivity contribution in [2.45, 2.75) is 31.3 Å².